The van der Waals surface area contributed by atoms with Gasteiger partial charge in [-0.2, -0.15) is 0 Å². The van der Waals surface area contributed by atoms with Crippen molar-refractivity contribution < 1.29 is 4.79 Å². The summed E-state index contributed by atoms with van der Waals surface area (Å²) in [5.41, 5.74) is 1.27. The fourth-order valence-corrected chi connectivity index (χ4v) is 4.08. The number of Topliss-reactive ketones (excluding diaryl/α,β-unsaturated/α-hetero) is 1. The molecular formula is C17H24OS. The Morgan fingerprint density at radius 3 is 2.74 bits per heavy atom. The van der Waals surface area contributed by atoms with Crippen molar-refractivity contribution in [3.63, 3.8) is 0 Å². The fraction of sp³-hybridized carbons (Fsp3) is 0.588. The topological polar surface area (TPSA) is 17.1 Å². The monoisotopic (exact) mass is 276 g/mol. The van der Waals surface area contributed by atoms with Gasteiger partial charge in [-0.15, -0.1) is 11.8 Å². The maximum atomic E-state index is 12.4. The summed E-state index contributed by atoms with van der Waals surface area (Å²) in [6.07, 6.45) is 6.08. The number of ketones is 1. The molecule has 0 aliphatic heterocycles. The van der Waals surface area contributed by atoms with Gasteiger partial charge in [-0.1, -0.05) is 44.4 Å². The largest absolute Gasteiger partial charge is 0.298 e. The second kappa shape index (κ2) is 7.14. The third-order valence-electron chi connectivity index (χ3n) is 4.31. The van der Waals surface area contributed by atoms with E-state index in [1.807, 2.05) is 0 Å². The third-order valence-corrected chi connectivity index (χ3v) is 5.51. The maximum Gasteiger partial charge on any atom is 0.146 e. The number of aryl methyl sites for hydroxylation is 1. The molecule has 0 N–H and O–H groups in total. The van der Waals surface area contributed by atoms with Crippen molar-refractivity contribution in [3.8, 4) is 0 Å². The molecule has 1 saturated carbocycles. The molecule has 1 nitrogen and oxygen atoms in total. The first kappa shape index (κ1) is 14.6. The van der Waals surface area contributed by atoms with Gasteiger partial charge in [0.1, 0.15) is 5.78 Å². The van der Waals surface area contributed by atoms with Crippen LogP contribution in [0.3, 0.4) is 0 Å². The van der Waals surface area contributed by atoms with Crippen molar-refractivity contribution in [2.45, 2.75) is 50.8 Å². The normalized spacial score (nSPS) is 23.3. The first-order valence-corrected chi connectivity index (χ1v) is 8.42. The number of carbonyl (C=O) groups is 1. The Hall–Kier alpha value is -0.760. The van der Waals surface area contributed by atoms with Crippen molar-refractivity contribution in [1.29, 1.82) is 0 Å². The van der Waals surface area contributed by atoms with E-state index in [2.05, 4.69) is 38.1 Å². The van der Waals surface area contributed by atoms with Crippen LogP contribution >= 0.6 is 11.8 Å². The SMILES string of the molecule is CCC1CCCCC1C(=O)CSc1ccccc1C. The molecule has 1 aromatic rings. The maximum absolute atomic E-state index is 12.4. The van der Waals surface area contributed by atoms with Crippen molar-refractivity contribution in [1.82, 2.24) is 0 Å². The predicted octanol–water partition coefficient (Wildman–Crippen LogP) is 4.87. The minimum atomic E-state index is 0.329. The molecule has 0 bridgehead atoms. The van der Waals surface area contributed by atoms with E-state index in [1.165, 1.54) is 29.7 Å². The van der Waals surface area contributed by atoms with Gasteiger partial charge < -0.3 is 0 Å². The molecule has 1 fully saturated rings. The van der Waals surface area contributed by atoms with Crippen molar-refractivity contribution in [2.75, 3.05) is 5.75 Å². The lowest BCUT2D eigenvalue weighted by atomic mass is 9.76. The van der Waals surface area contributed by atoms with E-state index in [9.17, 15) is 4.79 Å². The van der Waals surface area contributed by atoms with Crippen molar-refractivity contribution in [3.05, 3.63) is 29.8 Å². The van der Waals surface area contributed by atoms with Gasteiger partial charge in [0.15, 0.2) is 0 Å². The Bertz CT molecular complexity index is 427. The lowest BCUT2D eigenvalue weighted by Gasteiger charge is -2.29. The Kier molecular flexibility index (Phi) is 5.50. The summed E-state index contributed by atoms with van der Waals surface area (Å²) in [6.45, 7) is 4.34. The minimum Gasteiger partial charge on any atom is -0.298 e. The second-order valence-electron chi connectivity index (χ2n) is 5.58. The summed E-state index contributed by atoms with van der Waals surface area (Å²) in [6, 6.07) is 8.33. The molecule has 0 aromatic heterocycles. The van der Waals surface area contributed by atoms with E-state index in [4.69, 9.17) is 0 Å². The van der Waals surface area contributed by atoms with Gasteiger partial charge in [0.2, 0.25) is 0 Å². The number of hydrogen-bond acceptors (Lipinski definition) is 2. The Morgan fingerprint density at radius 2 is 2.00 bits per heavy atom. The molecule has 0 radical (unpaired) electrons. The van der Waals surface area contributed by atoms with Crippen LogP contribution in [0.15, 0.2) is 29.2 Å². The standard InChI is InChI=1S/C17H24OS/c1-3-14-9-5-6-10-15(14)16(18)12-19-17-11-7-4-8-13(17)2/h4,7-8,11,14-15H,3,5-6,9-10,12H2,1-2H3. The van der Waals surface area contributed by atoms with Gasteiger partial charge in [0.25, 0.3) is 0 Å². The average molecular weight is 276 g/mol. The Balaban J connectivity index is 1.92. The summed E-state index contributed by atoms with van der Waals surface area (Å²) in [5, 5.41) is 0. The van der Waals surface area contributed by atoms with Gasteiger partial charge in [-0.25, -0.2) is 0 Å². The number of benzene rings is 1. The van der Waals surface area contributed by atoms with E-state index < -0.39 is 0 Å². The number of hydrogen-bond donors (Lipinski definition) is 0. The fourth-order valence-electron chi connectivity index (χ4n) is 3.09. The molecule has 1 aliphatic rings. The number of thioether (sulfide) groups is 1. The second-order valence-corrected chi connectivity index (χ2v) is 6.60. The third kappa shape index (κ3) is 3.85. The zero-order valence-corrected chi connectivity index (χ0v) is 12.8. The molecule has 2 rings (SSSR count). The van der Waals surface area contributed by atoms with E-state index in [1.54, 1.807) is 11.8 Å². The first-order valence-electron chi connectivity index (χ1n) is 7.43. The zero-order valence-electron chi connectivity index (χ0n) is 12.0. The van der Waals surface area contributed by atoms with Crippen LogP contribution in [-0.4, -0.2) is 11.5 Å². The van der Waals surface area contributed by atoms with E-state index in [0.29, 0.717) is 23.4 Å². The van der Waals surface area contributed by atoms with Gasteiger partial charge in [-0.05, 0) is 37.3 Å². The molecule has 104 valence electrons. The van der Waals surface area contributed by atoms with Crippen LogP contribution in [0.25, 0.3) is 0 Å². The summed E-state index contributed by atoms with van der Waals surface area (Å²) >= 11 is 1.71. The van der Waals surface area contributed by atoms with Gasteiger partial charge in [0, 0.05) is 10.8 Å². The highest BCUT2D eigenvalue weighted by molar-refractivity contribution is 8.00. The van der Waals surface area contributed by atoms with Crippen LogP contribution in [-0.2, 0) is 4.79 Å². The number of carbonyl (C=O) groups excluding carboxylic acids is 1. The molecule has 1 aromatic carbocycles. The molecule has 2 atom stereocenters. The lowest BCUT2D eigenvalue weighted by Crippen LogP contribution is -2.28. The smallest absolute Gasteiger partial charge is 0.146 e. The lowest BCUT2D eigenvalue weighted by molar-refractivity contribution is -0.123. The summed E-state index contributed by atoms with van der Waals surface area (Å²) in [5.74, 6) is 2.08. The van der Waals surface area contributed by atoms with Crippen LogP contribution < -0.4 is 0 Å². The van der Waals surface area contributed by atoms with Crippen LogP contribution in [0.5, 0.6) is 0 Å². The molecular weight excluding hydrogens is 252 g/mol. The molecule has 1 aliphatic carbocycles. The first-order chi connectivity index (χ1) is 9.22. The zero-order chi connectivity index (χ0) is 13.7. The summed E-state index contributed by atoms with van der Waals surface area (Å²) in [4.78, 5) is 13.7. The van der Waals surface area contributed by atoms with Crippen molar-refractivity contribution >= 4 is 17.5 Å². The van der Waals surface area contributed by atoms with Crippen LogP contribution in [0.2, 0.25) is 0 Å². The van der Waals surface area contributed by atoms with Crippen LogP contribution in [0.4, 0.5) is 0 Å². The quantitative estimate of drug-likeness (QED) is 0.713. The molecule has 0 saturated heterocycles. The van der Waals surface area contributed by atoms with Gasteiger partial charge in [0.05, 0.1) is 5.75 Å². The average Bonchev–Trinajstić information content (AvgIpc) is 2.46. The van der Waals surface area contributed by atoms with E-state index in [0.717, 1.165) is 12.8 Å². The molecule has 0 amide bonds. The van der Waals surface area contributed by atoms with E-state index in [-0.39, 0.29) is 0 Å². The molecule has 2 unspecified atom stereocenters. The molecule has 0 spiro atoms. The highest BCUT2D eigenvalue weighted by Gasteiger charge is 2.29. The molecule has 0 heterocycles. The molecule has 2 heteroatoms. The highest BCUT2D eigenvalue weighted by Crippen LogP contribution is 2.34. The summed E-state index contributed by atoms with van der Waals surface area (Å²) in [7, 11) is 0. The Morgan fingerprint density at radius 1 is 1.26 bits per heavy atom. The summed E-state index contributed by atoms with van der Waals surface area (Å²) < 4.78 is 0. The minimum absolute atomic E-state index is 0.329. The molecule has 19 heavy (non-hydrogen) atoms. The highest BCUT2D eigenvalue weighted by atomic mass is 32.2. The van der Waals surface area contributed by atoms with Crippen LogP contribution in [0.1, 0.15) is 44.6 Å². The van der Waals surface area contributed by atoms with Gasteiger partial charge in [-0.3, -0.25) is 4.79 Å². The number of rotatable bonds is 5. The van der Waals surface area contributed by atoms with Crippen molar-refractivity contribution in [2.24, 2.45) is 11.8 Å². The van der Waals surface area contributed by atoms with Crippen LogP contribution in [0, 0.1) is 18.8 Å². The predicted molar refractivity (Wildman–Crippen MR) is 82.6 cm³/mol. The Labute approximate surface area is 121 Å². The van der Waals surface area contributed by atoms with Gasteiger partial charge >= 0.3 is 0 Å². The van der Waals surface area contributed by atoms with E-state index >= 15 is 0 Å².